The summed E-state index contributed by atoms with van der Waals surface area (Å²) in [6, 6.07) is 6.03. The monoisotopic (exact) mass is 452 g/mol. The van der Waals surface area contributed by atoms with E-state index in [1.165, 1.54) is 0 Å². The lowest BCUT2D eigenvalue weighted by atomic mass is 9.96. The van der Waals surface area contributed by atoms with E-state index in [9.17, 15) is 9.90 Å². The molecule has 0 spiro atoms. The van der Waals surface area contributed by atoms with Crippen LogP contribution < -0.4 is 22.1 Å². The van der Waals surface area contributed by atoms with Gasteiger partial charge in [-0.1, -0.05) is 12.1 Å². The zero-order valence-corrected chi connectivity index (χ0v) is 18.4. The second-order valence-electron chi connectivity index (χ2n) is 7.83. The molecule has 0 saturated carbocycles. The fourth-order valence-electron chi connectivity index (χ4n) is 3.63. The van der Waals surface area contributed by atoms with Gasteiger partial charge in [-0.3, -0.25) is 4.79 Å². The molecule has 1 aliphatic heterocycles. The molecular formula is C21H33ClN6O3. The summed E-state index contributed by atoms with van der Waals surface area (Å²) in [5.74, 6) is 0.950. The van der Waals surface area contributed by atoms with Crippen molar-refractivity contribution >= 4 is 18.3 Å². The fourth-order valence-corrected chi connectivity index (χ4v) is 3.63. The highest BCUT2D eigenvalue weighted by Crippen LogP contribution is 2.23. The number of hydrogen-bond donors (Lipinski definition) is 5. The standard InChI is InChI=1S/C21H32N6O3.ClH/c22-10-2-1-3-18(25-19(29)15-8-11-24-12-9-15)21-27-26-20(30-21)17(23)13-14-4-6-16(28)7-5-14;/h4-7,15,17-18,24,28H,1-3,8-13,22-23H2,(H,25,29);1H/t17-,18-;/m0./s1. The van der Waals surface area contributed by atoms with Crippen molar-refractivity contribution in [2.24, 2.45) is 17.4 Å². The van der Waals surface area contributed by atoms with Crippen LogP contribution in [0.5, 0.6) is 5.75 Å². The smallest absolute Gasteiger partial charge is 0.238 e. The van der Waals surface area contributed by atoms with E-state index >= 15 is 0 Å². The first kappa shape index (κ1) is 25.1. The van der Waals surface area contributed by atoms with Crippen LogP contribution in [-0.4, -0.2) is 40.8 Å². The average molecular weight is 453 g/mol. The Morgan fingerprint density at radius 2 is 1.87 bits per heavy atom. The second-order valence-corrected chi connectivity index (χ2v) is 7.83. The molecule has 0 unspecified atom stereocenters. The van der Waals surface area contributed by atoms with Crippen molar-refractivity contribution in [3.63, 3.8) is 0 Å². The zero-order chi connectivity index (χ0) is 21.3. The zero-order valence-electron chi connectivity index (χ0n) is 17.6. The minimum Gasteiger partial charge on any atom is -0.508 e. The molecule has 9 nitrogen and oxygen atoms in total. The van der Waals surface area contributed by atoms with E-state index in [4.69, 9.17) is 15.9 Å². The van der Waals surface area contributed by atoms with E-state index < -0.39 is 6.04 Å². The summed E-state index contributed by atoms with van der Waals surface area (Å²) in [7, 11) is 0. The van der Waals surface area contributed by atoms with Crippen molar-refractivity contribution in [2.75, 3.05) is 19.6 Å². The molecule has 1 aromatic heterocycles. The van der Waals surface area contributed by atoms with Gasteiger partial charge in [-0.05, 0) is 75.9 Å². The van der Waals surface area contributed by atoms with Crippen LogP contribution in [0.15, 0.2) is 28.7 Å². The highest BCUT2D eigenvalue weighted by atomic mass is 35.5. The Kier molecular flexibility index (Phi) is 10.2. The molecule has 31 heavy (non-hydrogen) atoms. The summed E-state index contributed by atoms with van der Waals surface area (Å²) < 4.78 is 5.87. The molecule has 1 amide bonds. The van der Waals surface area contributed by atoms with Gasteiger partial charge >= 0.3 is 0 Å². The summed E-state index contributed by atoms with van der Waals surface area (Å²) in [6.45, 7) is 2.31. The number of phenolic OH excluding ortho intramolecular Hbond substituents is 1. The Morgan fingerprint density at radius 1 is 1.19 bits per heavy atom. The number of unbranched alkanes of at least 4 members (excludes halogenated alkanes) is 1. The number of carbonyl (C=O) groups excluding carboxylic acids is 1. The Labute approximate surface area is 188 Å². The van der Waals surface area contributed by atoms with Gasteiger partial charge in [-0.15, -0.1) is 22.6 Å². The molecule has 2 atom stereocenters. The minimum absolute atomic E-state index is 0. The number of amides is 1. The van der Waals surface area contributed by atoms with Crippen molar-refractivity contribution in [2.45, 2.75) is 50.6 Å². The van der Waals surface area contributed by atoms with Gasteiger partial charge in [0.2, 0.25) is 17.7 Å². The van der Waals surface area contributed by atoms with Crippen molar-refractivity contribution in [1.82, 2.24) is 20.8 Å². The number of halogens is 1. The third-order valence-electron chi connectivity index (χ3n) is 5.44. The van der Waals surface area contributed by atoms with Gasteiger partial charge in [0.15, 0.2) is 0 Å². The summed E-state index contributed by atoms with van der Waals surface area (Å²) in [6.07, 6.45) is 4.55. The molecule has 0 aliphatic carbocycles. The molecule has 7 N–H and O–H groups in total. The maximum absolute atomic E-state index is 12.7. The molecule has 1 saturated heterocycles. The van der Waals surface area contributed by atoms with Crippen LogP contribution in [0.1, 0.15) is 61.5 Å². The topological polar surface area (TPSA) is 152 Å². The van der Waals surface area contributed by atoms with Crippen molar-refractivity contribution in [1.29, 1.82) is 0 Å². The minimum atomic E-state index is -0.472. The van der Waals surface area contributed by atoms with Crippen LogP contribution >= 0.6 is 12.4 Å². The molecule has 10 heteroatoms. The predicted molar refractivity (Wildman–Crippen MR) is 120 cm³/mol. The van der Waals surface area contributed by atoms with E-state index in [-0.39, 0.29) is 36.0 Å². The summed E-state index contributed by atoms with van der Waals surface area (Å²) >= 11 is 0. The Bertz CT molecular complexity index is 795. The van der Waals surface area contributed by atoms with Crippen LogP contribution in [0, 0.1) is 5.92 Å². The maximum atomic E-state index is 12.7. The number of rotatable bonds is 10. The van der Waals surface area contributed by atoms with Gasteiger partial charge in [-0.2, -0.15) is 0 Å². The lowest BCUT2D eigenvalue weighted by Crippen LogP contribution is -2.39. The second kappa shape index (κ2) is 12.6. The molecule has 1 aliphatic rings. The first-order valence-electron chi connectivity index (χ1n) is 10.6. The number of nitrogens with zero attached hydrogens (tertiary/aromatic N) is 2. The molecule has 2 aromatic rings. The number of carbonyl (C=O) groups is 1. The number of benzene rings is 1. The highest BCUT2D eigenvalue weighted by molar-refractivity contribution is 5.85. The quantitative estimate of drug-likeness (QED) is 0.341. The van der Waals surface area contributed by atoms with Gasteiger partial charge in [0.25, 0.3) is 0 Å². The normalized spacial score (nSPS) is 16.3. The molecule has 3 rings (SSSR count). The van der Waals surface area contributed by atoms with Gasteiger partial charge in [0.1, 0.15) is 11.8 Å². The van der Waals surface area contributed by atoms with E-state index in [1.807, 2.05) is 0 Å². The summed E-state index contributed by atoms with van der Waals surface area (Å²) in [5, 5.41) is 24.1. The van der Waals surface area contributed by atoms with Gasteiger partial charge < -0.3 is 31.6 Å². The number of piperidine rings is 1. The van der Waals surface area contributed by atoms with Crippen LogP contribution in [0.2, 0.25) is 0 Å². The van der Waals surface area contributed by atoms with Crippen molar-refractivity contribution in [3.8, 4) is 5.75 Å². The van der Waals surface area contributed by atoms with Crippen LogP contribution in [0.25, 0.3) is 0 Å². The molecular weight excluding hydrogens is 420 g/mol. The van der Waals surface area contributed by atoms with E-state index in [0.29, 0.717) is 31.2 Å². The van der Waals surface area contributed by atoms with Gasteiger partial charge in [0.05, 0.1) is 6.04 Å². The van der Waals surface area contributed by atoms with E-state index in [1.54, 1.807) is 24.3 Å². The van der Waals surface area contributed by atoms with Crippen LogP contribution in [0.3, 0.4) is 0 Å². The number of aromatic hydroxyl groups is 1. The average Bonchev–Trinajstić information content (AvgIpc) is 3.26. The summed E-state index contributed by atoms with van der Waals surface area (Å²) in [5.41, 5.74) is 12.8. The lowest BCUT2D eigenvalue weighted by Gasteiger charge is -2.24. The lowest BCUT2D eigenvalue weighted by molar-refractivity contribution is -0.126. The van der Waals surface area contributed by atoms with E-state index in [2.05, 4.69) is 20.8 Å². The largest absolute Gasteiger partial charge is 0.508 e. The molecule has 0 radical (unpaired) electrons. The Balaban J connectivity index is 0.00000341. The molecule has 1 fully saturated rings. The number of nitrogens with one attached hydrogen (secondary N) is 2. The number of nitrogens with two attached hydrogens (primary N) is 2. The van der Waals surface area contributed by atoms with Crippen molar-refractivity contribution < 1.29 is 14.3 Å². The van der Waals surface area contributed by atoms with Crippen molar-refractivity contribution in [3.05, 3.63) is 41.6 Å². The van der Waals surface area contributed by atoms with Crippen LogP contribution in [-0.2, 0) is 11.2 Å². The van der Waals surface area contributed by atoms with Gasteiger partial charge in [-0.25, -0.2) is 0 Å². The summed E-state index contributed by atoms with van der Waals surface area (Å²) in [4.78, 5) is 12.7. The maximum Gasteiger partial charge on any atom is 0.238 e. The Hall–Kier alpha value is -2.20. The molecule has 1 aromatic carbocycles. The Morgan fingerprint density at radius 3 is 2.55 bits per heavy atom. The van der Waals surface area contributed by atoms with E-state index in [0.717, 1.165) is 44.3 Å². The molecule has 0 bridgehead atoms. The fraction of sp³-hybridized carbons (Fsp3) is 0.571. The first-order valence-corrected chi connectivity index (χ1v) is 10.6. The van der Waals surface area contributed by atoms with Crippen LogP contribution in [0.4, 0.5) is 0 Å². The predicted octanol–water partition coefficient (Wildman–Crippen LogP) is 1.73. The molecule has 2 heterocycles. The molecule has 172 valence electrons. The first-order chi connectivity index (χ1) is 14.6. The SMILES string of the molecule is Cl.NCCCC[C@H](NC(=O)C1CCNCC1)c1nnc([C@@H](N)Cc2ccc(O)cc2)o1. The number of hydrogen-bond acceptors (Lipinski definition) is 8. The highest BCUT2D eigenvalue weighted by Gasteiger charge is 2.27. The number of aromatic nitrogens is 2. The number of phenols is 1. The van der Waals surface area contributed by atoms with Gasteiger partial charge in [0, 0.05) is 5.92 Å². The third-order valence-corrected chi connectivity index (χ3v) is 5.44. The third kappa shape index (κ3) is 7.46.